The summed E-state index contributed by atoms with van der Waals surface area (Å²) in [6, 6.07) is 3.99. The minimum atomic E-state index is -0.0542. The molecule has 0 aromatic carbocycles. The first-order chi connectivity index (χ1) is 8.15. The maximum absolute atomic E-state index is 11.9. The molecular formula is C13H22N2OS. The Labute approximate surface area is 108 Å². The van der Waals surface area contributed by atoms with Gasteiger partial charge in [0.15, 0.2) is 0 Å². The molecule has 1 amide bonds. The fourth-order valence-electron chi connectivity index (χ4n) is 1.54. The van der Waals surface area contributed by atoms with E-state index < -0.39 is 0 Å². The zero-order valence-corrected chi connectivity index (χ0v) is 11.7. The molecule has 1 aromatic heterocycles. The van der Waals surface area contributed by atoms with Gasteiger partial charge in [0.2, 0.25) is 5.91 Å². The van der Waals surface area contributed by atoms with Crippen LogP contribution in [-0.4, -0.2) is 30.4 Å². The molecule has 0 aliphatic rings. The van der Waals surface area contributed by atoms with Crippen LogP contribution in [0.3, 0.4) is 0 Å². The van der Waals surface area contributed by atoms with Gasteiger partial charge in [-0.25, -0.2) is 0 Å². The first kappa shape index (κ1) is 14.2. The van der Waals surface area contributed by atoms with Crippen molar-refractivity contribution in [1.82, 2.24) is 10.2 Å². The fraction of sp³-hybridized carbons (Fsp3) is 0.615. The number of unbranched alkanes of at least 4 members (excludes halogenated alkanes) is 1. The molecule has 1 unspecified atom stereocenters. The average molecular weight is 254 g/mol. The van der Waals surface area contributed by atoms with Crippen LogP contribution in [0.2, 0.25) is 0 Å². The minimum Gasteiger partial charge on any atom is -0.350 e. The highest BCUT2D eigenvalue weighted by Crippen LogP contribution is 2.08. The Hall–Kier alpha value is -0.870. The monoisotopic (exact) mass is 254 g/mol. The molecule has 1 atom stereocenters. The van der Waals surface area contributed by atoms with Crippen molar-refractivity contribution in [1.29, 1.82) is 0 Å². The maximum Gasteiger partial charge on any atom is 0.237 e. The summed E-state index contributed by atoms with van der Waals surface area (Å²) < 4.78 is 0. The summed E-state index contributed by atoms with van der Waals surface area (Å²) in [7, 11) is 2.01. The zero-order valence-electron chi connectivity index (χ0n) is 10.9. The van der Waals surface area contributed by atoms with Gasteiger partial charge in [0.05, 0.1) is 12.6 Å². The molecular weight excluding hydrogens is 232 g/mol. The standard InChI is InChI=1S/C13H22N2OS/c1-4-5-8-15(3)11(2)13(16)14-10-12-7-6-9-17-12/h6-7,9,11H,4-5,8,10H2,1-3H3,(H,14,16). The number of hydrogen-bond donors (Lipinski definition) is 1. The highest BCUT2D eigenvalue weighted by Gasteiger charge is 2.16. The van der Waals surface area contributed by atoms with Crippen molar-refractivity contribution in [3.05, 3.63) is 22.4 Å². The van der Waals surface area contributed by atoms with Crippen molar-refractivity contribution >= 4 is 17.2 Å². The summed E-state index contributed by atoms with van der Waals surface area (Å²) in [5, 5.41) is 5.00. The van der Waals surface area contributed by atoms with Gasteiger partial charge in [0.1, 0.15) is 0 Å². The summed E-state index contributed by atoms with van der Waals surface area (Å²) in [4.78, 5) is 15.2. The molecule has 1 heterocycles. The molecule has 0 bridgehead atoms. The summed E-state index contributed by atoms with van der Waals surface area (Å²) in [5.41, 5.74) is 0. The predicted octanol–water partition coefficient (Wildman–Crippen LogP) is 2.48. The van der Waals surface area contributed by atoms with Crippen LogP contribution in [0, 0.1) is 0 Å². The smallest absolute Gasteiger partial charge is 0.237 e. The van der Waals surface area contributed by atoms with Gasteiger partial charge in [0, 0.05) is 4.88 Å². The van der Waals surface area contributed by atoms with E-state index in [0.717, 1.165) is 19.4 Å². The lowest BCUT2D eigenvalue weighted by molar-refractivity contribution is -0.125. The third-order valence-electron chi connectivity index (χ3n) is 2.92. The number of likely N-dealkylation sites (N-methyl/N-ethyl adjacent to an activating group) is 1. The molecule has 1 aromatic rings. The van der Waals surface area contributed by atoms with Crippen LogP contribution >= 0.6 is 11.3 Å². The molecule has 0 aliphatic heterocycles. The van der Waals surface area contributed by atoms with Crippen molar-refractivity contribution in [3.63, 3.8) is 0 Å². The van der Waals surface area contributed by atoms with Gasteiger partial charge < -0.3 is 5.32 Å². The van der Waals surface area contributed by atoms with Crippen LogP contribution in [0.5, 0.6) is 0 Å². The quantitative estimate of drug-likeness (QED) is 0.811. The molecule has 0 saturated carbocycles. The Morgan fingerprint density at radius 3 is 2.94 bits per heavy atom. The van der Waals surface area contributed by atoms with Crippen molar-refractivity contribution in [2.75, 3.05) is 13.6 Å². The summed E-state index contributed by atoms with van der Waals surface area (Å²) in [6.45, 7) is 5.74. The Morgan fingerprint density at radius 1 is 1.59 bits per heavy atom. The van der Waals surface area contributed by atoms with E-state index >= 15 is 0 Å². The topological polar surface area (TPSA) is 32.3 Å². The largest absolute Gasteiger partial charge is 0.350 e. The molecule has 0 saturated heterocycles. The van der Waals surface area contributed by atoms with E-state index in [1.54, 1.807) is 11.3 Å². The van der Waals surface area contributed by atoms with Crippen LogP contribution in [0.25, 0.3) is 0 Å². The third kappa shape index (κ3) is 4.88. The number of rotatable bonds is 7. The van der Waals surface area contributed by atoms with Gasteiger partial charge in [-0.3, -0.25) is 9.69 Å². The lowest BCUT2D eigenvalue weighted by Crippen LogP contribution is -2.43. The highest BCUT2D eigenvalue weighted by molar-refractivity contribution is 7.09. The molecule has 17 heavy (non-hydrogen) atoms. The maximum atomic E-state index is 11.9. The lowest BCUT2D eigenvalue weighted by atomic mass is 10.2. The number of amides is 1. The highest BCUT2D eigenvalue weighted by atomic mass is 32.1. The van der Waals surface area contributed by atoms with E-state index in [1.807, 2.05) is 31.5 Å². The average Bonchev–Trinajstić information content (AvgIpc) is 2.85. The Balaban J connectivity index is 2.31. The van der Waals surface area contributed by atoms with E-state index in [-0.39, 0.29) is 11.9 Å². The van der Waals surface area contributed by atoms with E-state index in [2.05, 4.69) is 17.1 Å². The Kier molecular flexibility index (Phi) is 6.22. The van der Waals surface area contributed by atoms with Crippen molar-refractivity contribution < 1.29 is 4.79 Å². The number of nitrogens with zero attached hydrogens (tertiary/aromatic N) is 1. The molecule has 0 spiro atoms. The molecule has 96 valence electrons. The minimum absolute atomic E-state index is 0.0542. The lowest BCUT2D eigenvalue weighted by Gasteiger charge is -2.23. The van der Waals surface area contributed by atoms with E-state index in [4.69, 9.17) is 0 Å². The first-order valence-corrected chi connectivity index (χ1v) is 7.03. The van der Waals surface area contributed by atoms with Crippen molar-refractivity contribution in [2.45, 2.75) is 39.3 Å². The van der Waals surface area contributed by atoms with Gasteiger partial charge >= 0.3 is 0 Å². The van der Waals surface area contributed by atoms with Crippen LogP contribution in [0.15, 0.2) is 17.5 Å². The summed E-state index contributed by atoms with van der Waals surface area (Å²) >= 11 is 1.67. The second kappa shape index (κ2) is 7.45. The molecule has 0 radical (unpaired) electrons. The van der Waals surface area contributed by atoms with Crippen LogP contribution in [0.4, 0.5) is 0 Å². The second-order valence-electron chi connectivity index (χ2n) is 4.31. The molecule has 0 fully saturated rings. The van der Waals surface area contributed by atoms with Crippen LogP contribution in [0.1, 0.15) is 31.6 Å². The Morgan fingerprint density at radius 2 is 2.35 bits per heavy atom. The molecule has 1 N–H and O–H groups in total. The predicted molar refractivity (Wildman–Crippen MR) is 73.2 cm³/mol. The first-order valence-electron chi connectivity index (χ1n) is 6.15. The van der Waals surface area contributed by atoms with Gasteiger partial charge in [-0.2, -0.15) is 0 Å². The van der Waals surface area contributed by atoms with Gasteiger partial charge in [-0.1, -0.05) is 19.4 Å². The number of hydrogen-bond acceptors (Lipinski definition) is 3. The molecule has 0 aliphatic carbocycles. The van der Waals surface area contributed by atoms with Crippen LogP contribution < -0.4 is 5.32 Å². The van der Waals surface area contributed by atoms with Crippen molar-refractivity contribution in [2.24, 2.45) is 0 Å². The van der Waals surface area contributed by atoms with Gasteiger partial charge in [-0.15, -0.1) is 11.3 Å². The van der Waals surface area contributed by atoms with Crippen molar-refractivity contribution in [3.8, 4) is 0 Å². The van der Waals surface area contributed by atoms with Gasteiger partial charge in [-0.05, 0) is 38.4 Å². The fourth-order valence-corrected chi connectivity index (χ4v) is 2.18. The van der Waals surface area contributed by atoms with Crippen LogP contribution in [-0.2, 0) is 11.3 Å². The SMILES string of the molecule is CCCCN(C)C(C)C(=O)NCc1cccs1. The number of carbonyl (C=O) groups excluding carboxylic acids is 1. The molecule has 4 heteroatoms. The normalized spacial score (nSPS) is 12.7. The number of thiophene rings is 1. The zero-order chi connectivity index (χ0) is 12.7. The third-order valence-corrected chi connectivity index (χ3v) is 3.80. The second-order valence-corrected chi connectivity index (χ2v) is 5.34. The van der Waals surface area contributed by atoms with E-state index in [9.17, 15) is 4.79 Å². The molecule has 1 rings (SSSR count). The summed E-state index contributed by atoms with van der Waals surface area (Å²) in [6.07, 6.45) is 2.30. The van der Waals surface area contributed by atoms with E-state index in [1.165, 1.54) is 4.88 Å². The molecule has 3 nitrogen and oxygen atoms in total. The number of carbonyl (C=O) groups is 1. The number of nitrogens with one attached hydrogen (secondary N) is 1. The van der Waals surface area contributed by atoms with E-state index in [0.29, 0.717) is 6.54 Å². The Bertz CT molecular complexity index is 324. The summed E-state index contributed by atoms with van der Waals surface area (Å²) in [5.74, 6) is 0.108. The van der Waals surface area contributed by atoms with Gasteiger partial charge in [0.25, 0.3) is 0 Å².